The molecule has 3 nitrogen and oxygen atoms in total. The molecule has 1 aliphatic heterocycles. The molecule has 0 spiro atoms. The smallest absolute Gasteiger partial charge is 0.109 e. The fraction of sp³-hybridized carbons (Fsp3) is 1.00. The molecule has 3 heteroatoms. The summed E-state index contributed by atoms with van der Waals surface area (Å²) < 4.78 is 5.61. The van der Waals surface area contributed by atoms with Crippen molar-refractivity contribution in [3.63, 3.8) is 0 Å². The zero-order chi connectivity index (χ0) is 10.2. The van der Waals surface area contributed by atoms with Crippen molar-refractivity contribution < 1.29 is 14.9 Å². The van der Waals surface area contributed by atoms with Crippen molar-refractivity contribution >= 4 is 0 Å². The Labute approximate surface area is 79.7 Å². The topological polar surface area (TPSA) is 49.7 Å². The van der Waals surface area contributed by atoms with E-state index in [2.05, 4.69) is 0 Å². The number of aliphatic hydroxyl groups excluding tert-OH is 2. The third kappa shape index (κ3) is 2.03. The molecule has 1 saturated heterocycles. The molecule has 4 atom stereocenters. The van der Waals surface area contributed by atoms with Crippen molar-refractivity contribution in [2.75, 3.05) is 0 Å². The Morgan fingerprint density at radius 1 is 0.846 bits per heavy atom. The minimum atomic E-state index is -0.729. The van der Waals surface area contributed by atoms with Crippen molar-refractivity contribution in [2.45, 2.75) is 52.1 Å². The van der Waals surface area contributed by atoms with E-state index in [1.54, 1.807) is 0 Å². The summed E-state index contributed by atoms with van der Waals surface area (Å²) in [5.74, 6) is 0.488. The van der Waals surface area contributed by atoms with E-state index in [9.17, 15) is 10.2 Å². The fourth-order valence-electron chi connectivity index (χ4n) is 1.83. The summed E-state index contributed by atoms with van der Waals surface area (Å²) >= 11 is 0. The van der Waals surface area contributed by atoms with E-state index in [4.69, 9.17) is 4.74 Å². The average molecular weight is 188 g/mol. The van der Waals surface area contributed by atoms with Crippen LogP contribution < -0.4 is 0 Å². The van der Waals surface area contributed by atoms with Gasteiger partial charge in [-0.3, -0.25) is 0 Å². The van der Waals surface area contributed by atoms with Crippen LogP contribution in [0.5, 0.6) is 0 Å². The first kappa shape index (κ1) is 11.0. The summed E-state index contributed by atoms with van der Waals surface area (Å²) in [5, 5.41) is 19.3. The molecule has 0 aromatic rings. The highest BCUT2D eigenvalue weighted by atomic mass is 16.5. The lowest BCUT2D eigenvalue weighted by Gasteiger charge is -2.19. The van der Waals surface area contributed by atoms with Crippen molar-refractivity contribution in [3.8, 4) is 0 Å². The fourth-order valence-corrected chi connectivity index (χ4v) is 1.83. The van der Waals surface area contributed by atoms with Gasteiger partial charge in [-0.2, -0.15) is 0 Å². The first-order valence-corrected chi connectivity index (χ1v) is 4.96. The third-order valence-electron chi connectivity index (χ3n) is 2.65. The van der Waals surface area contributed by atoms with E-state index >= 15 is 0 Å². The van der Waals surface area contributed by atoms with E-state index in [0.717, 1.165) is 0 Å². The molecule has 0 aromatic carbocycles. The molecule has 1 heterocycles. The molecule has 1 aliphatic rings. The minimum Gasteiger partial charge on any atom is -0.388 e. The summed E-state index contributed by atoms with van der Waals surface area (Å²) in [4.78, 5) is 0. The van der Waals surface area contributed by atoms with Gasteiger partial charge < -0.3 is 14.9 Å². The molecule has 0 aromatic heterocycles. The lowest BCUT2D eigenvalue weighted by Crippen LogP contribution is -2.35. The van der Waals surface area contributed by atoms with E-state index in [1.165, 1.54) is 0 Å². The molecule has 0 saturated carbocycles. The molecule has 0 unspecified atom stereocenters. The summed E-state index contributed by atoms with van der Waals surface area (Å²) in [6.45, 7) is 7.96. The molecule has 0 amide bonds. The number of aliphatic hydroxyl groups is 2. The molecule has 2 N–H and O–H groups in total. The second kappa shape index (κ2) is 3.95. The Kier molecular flexibility index (Phi) is 3.33. The number of ether oxygens (including phenoxy) is 1. The molecule has 78 valence electrons. The first-order valence-electron chi connectivity index (χ1n) is 4.96. The maximum atomic E-state index is 9.67. The van der Waals surface area contributed by atoms with Crippen molar-refractivity contribution in [2.24, 2.45) is 11.8 Å². The van der Waals surface area contributed by atoms with Gasteiger partial charge in [0, 0.05) is 0 Å². The van der Waals surface area contributed by atoms with Gasteiger partial charge >= 0.3 is 0 Å². The van der Waals surface area contributed by atoms with Crippen molar-refractivity contribution in [1.29, 1.82) is 0 Å². The molecular weight excluding hydrogens is 168 g/mol. The van der Waals surface area contributed by atoms with Gasteiger partial charge in [0.2, 0.25) is 0 Å². The van der Waals surface area contributed by atoms with Gasteiger partial charge in [-0.05, 0) is 11.8 Å². The normalized spacial score (nSPS) is 40.6. The second-order valence-electron chi connectivity index (χ2n) is 4.53. The monoisotopic (exact) mass is 188 g/mol. The van der Waals surface area contributed by atoms with Crippen LogP contribution in [0.1, 0.15) is 27.7 Å². The maximum absolute atomic E-state index is 9.67. The van der Waals surface area contributed by atoms with Crippen LogP contribution >= 0.6 is 0 Å². The van der Waals surface area contributed by atoms with Crippen molar-refractivity contribution in [1.82, 2.24) is 0 Å². The number of hydrogen-bond acceptors (Lipinski definition) is 3. The Bertz CT molecular complexity index is 150. The predicted octanol–water partition coefficient (Wildman–Crippen LogP) is 0.788. The summed E-state index contributed by atoms with van der Waals surface area (Å²) in [5.41, 5.74) is 0. The molecule has 0 aliphatic carbocycles. The molecule has 0 radical (unpaired) electrons. The highest BCUT2D eigenvalue weighted by Crippen LogP contribution is 2.30. The van der Waals surface area contributed by atoms with Crippen LogP contribution in [-0.2, 0) is 4.74 Å². The van der Waals surface area contributed by atoms with E-state index in [-0.39, 0.29) is 24.0 Å². The highest BCUT2D eigenvalue weighted by Gasteiger charge is 2.44. The standard InChI is InChI=1S/C10H20O3/c1-5(2)9-7(11)8(12)10(13-9)6(3)4/h5-12H,1-4H3/t7-,8+,9-,10+. The SMILES string of the molecule is CC(C)[C@H]1O[C@@H](C(C)C)[C@@H](O)[C@H]1O. The lowest BCUT2D eigenvalue weighted by atomic mass is 9.96. The Balaban J connectivity index is 2.66. The van der Waals surface area contributed by atoms with Crippen LogP contribution in [0, 0.1) is 11.8 Å². The average Bonchev–Trinajstić information content (AvgIpc) is 2.29. The van der Waals surface area contributed by atoms with Crippen LogP contribution in [-0.4, -0.2) is 34.6 Å². The Hall–Kier alpha value is -0.120. The van der Waals surface area contributed by atoms with Gasteiger partial charge in [-0.25, -0.2) is 0 Å². The number of hydrogen-bond donors (Lipinski definition) is 2. The molecule has 1 rings (SSSR count). The molecule has 1 fully saturated rings. The van der Waals surface area contributed by atoms with Crippen LogP contribution in [0.3, 0.4) is 0 Å². The lowest BCUT2D eigenvalue weighted by molar-refractivity contribution is -0.0340. The van der Waals surface area contributed by atoms with Crippen LogP contribution in [0.15, 0.2) is 0 Å². The zero-order valence-electron chi connectivity index (χ0n) is 8.77. The van der Waals surface area contributed by atoms with Gasteiger partial charge in [0.25, 0.3) is 0 Å². The van der Waals surface area contributed by atoms with Crippen LogP contribution in [0.25, 0.3) is 0 Å². The van der Waals surface area contributed by atoms with E-state index < -0.39 is 12.2 Å². The summed E-state index contributed by atoms with van der Waals surface area (Å²) in [6, 6.07) is 0. The second-order valence-corrected chi connectivity index (χ2v) is 4.53. The van der Waals surface area contributed by atoms with E-state index in [0.29, 0.717) is 0 Å². The molecule has 0 bridgehead atoms. The Morgan fingerprint density at radius 2 is 1.15 bits per heavy atom. The minimum absolute atomic E-state index is 0.220. The quantitative estimate of drug-likeness (QED) is 0.673. The largest absolute Gasteiger partial charge is 0.388 e. The predicted molar refractivity (Wildman–Crippen MR) is 50.4 cm³/mol. The zero-order valence-corrected chi connectivity index (χ0v) is 8.77. The van der Waals surface area contributed by atoms with Crippen LogP contribution in [0.2, 0.25) is 0 Å². The summed E-state index contributed by atoms with van der Waals surface area (Å²) in [6.07, 6.45) is -1.90. The van der Waals surface area contributed by atoms with Gasteiger partial charge in [0.15, 0.2) is 0 Å². The van der Waals surface area contributed by atoms with Gasteiger partial charge in [0.05, 0.1) is 12.2 Å². The van der Waals surface area contributed by atoms with Crippen molar-refractivity contribution in [3.05, 3.63) is 0 Å². The Morgan fingerprint density at radius 3 is 1.31 bits per heavy atom. The maximum Gasteiger partial charge on any atom is 0.109 e. The highest BCUT2D eigenvalue weighted by molar-refractivity contribution is 4.92. The molecular formula is C10H20O3. The van der Waals surface area contributed by atoms with E-state index in [1.807, 2.05) is 27.7 Å². The number of rotatable bonds is 2. The third-order valence-corrected chi connectivity index (χ3v) is 2.65. The molecule has 13 heavy (non-hydrogen) atoms. The van der Waals surface area contributed by atoms with Gasteiger partial charge in [-0.15, -0.1) is 0 Å². The summed E-state index contributed by atoms with van der Waals surface area (Å²) in [7, 11) is 0. The van der Waals surface area contributed by atoms with Gasteiger partial charge in [-0.1, -0.05) is 27.7 Å². The van der Waals surface area contributed by atoms with Gasteiger partial charge in [0.1, 0.15) is 12.2 Å². The van der Waals surface area contributed by atoms with Crippen LogP contribution in [0.4, 0.5) is 0 Å². The first-order chi connectivity index (χ1) is 5.95.